The number of aliphatic imine (C=N–C) groups is 1. The molecule has 2 nitrogen and oxygen atoms in total. The Hall–Kier alpha value is -2.48. The highest BCUT2D eigenvalue weighted by Gasteiger charge is 2.07. The first kappa shape index (κ1) is 11.6. The van der Waals surface area contributed by atoms with E-state index in [1.54, 1.807) is 6.08 Å². The smallest absolute Gasteiger partial charge is 0.267 e. The fourth-order valence-corrected chi connectivity index (χ4v) is 2.14. The third-order valence-electron chi connectivity index (χ3n) is 3.12. The van der Waals surface area contributed by atoms with Gasteiger partial charge in [0.1, 0.15) is 0 Å². The van der Waals surface area contributed by atoms with Crippen molar-refractivity contribution in [1.29, 1.82) is 0 Å². The van der Waals surface area contributed by atoms with E-state index in [-0.39, 0.29) is 5.91 Å². The molecule has 19 heavy (non-hydrogen) atoms. The van der Waals surface area contributed by atoms with E-state index < -0.39 is 0 Å². The van der Waals surface area contributed by atoms with Crippen molar-refractivity contribution < 1.29 is 4.79 Å². The van der Waals surface area contributed by atoms with E-state index in [2.05, 4.69) is 41.4 Å². The van der Waals surface area contributed by atoms with Gasteiger partial charge in [0.2, 0.25) is 0 Å². The normalized spacial score (nSPS) is 13.7. The number of carbonyl (C=O) groups excluding carboxylic acids is 1. The Morgan fingerprint density at radius 3 is 2.11 bits per heavy atom. The summed E-state index contributed by atoms with van der Waals surface area (Å²) in [5.41, 5.74) is 4.40. The van der Waals surface area contributed by atoms with Crippen molar-refractivity contribution in [3.63, 3.8) is 0 Å². The van der Waals surface area contributed by atoms with E-state index in [4.69, 9.17) is 0 Å². The Bertz CT molecular complexity index is 651. The largest absolute Gasteiger partial charge is 0.270 e. The van der Waals surface area contributed by atoms with Crippen LogP contribution in [0.15, 0.2) is 71.7 Å². The van der Waals surface area contributed by atoms with E-state index in [0.717, 1.165) is 11.3 Å². The molecule has 0 aliphatic carbocycles. The Balaban J connectivity index is 1.78. The molecule has 0 fully saturated rings. The maximum absolute atomic E-state index is 11.0. The van der Waals surface area contributed by atoms with Crippen molar-refractivity contribution in [2.45, 2.75) is 6.42 Å². The van der Waals surface area contributed by atoms with Gasteiger partial charge in [0.05, 0.1) is 0 Å². The molecule has 1 aliphatic rings. The highest BCUT2D eigenvalue weighted by molar-refractivity contribution is 6.13. The number of amides is 1. The summed E-state index contributed by atoms with van der Waals surface area (Å²) in [5.74, 6) is -0.157. The standard InChI is InChI=1S/C17H13NO/c19-17-11-10-16(18-17)12-13-6-8-15(9-7-13)14-4-2-1-3-5-14/h1-11H,12H2. The van der Waals surface area contributed by atoms with Crippen molar-refractivity contribution in [1.82, 2.24) is 0 Å². The van der Waals surface area contributed by atoms with Crippen LogP contribution in [-0.4, -0.2) is 11.6 Å². The average molecular weight is 247 g/mol. The number of rotatable bonds is 3. The Kier molecular flexibility index (Phi) is 3.07. The predicted octanol–water partition coefficient (Wildman–Crippen LogP) is 3.43. The molecule has 92 valence electrons. The second kappa shape index (κ2) is 5.02. The van der Waals surface area contributed by atoms with Crippen LogP contribution in [0.5, 0.6) is 0 Å². The summed E-state index contributed by atoms with van der Waals surface area (Å²) >= 11 is 0. The van der Waals surface area contributed by atoms with Crippen molar-refractivity contribution in [2.24, 2.45) is 4.99 Å². The van der Waals surface area contributed by atoms with Crippen LogP contribution < -0.4 is 0 Å². The molecule has 1 amide bonds. The van der Waals surface area contributed by atoms with Crippen molar-refractivity contribution in [2.75, 3.05) is 0 Å². The highest BCUT2D eigenvalue weighted by atomic mass is 16.1. The number of hydrogen-bond acceptors (Lipinski definition) is 1. The molecule has 0 N–H and O–H groups in total. The Labute approximate surface area is 112 Å². The molecule has 0 saturated carbocycles. The van der Waals surface area contributed by atoms with E-state index >= 15 is 0 Å². The summed E-state index contributed by atoms with van der Waals surface area (Å²) in [5, 5.41) is 0. The van der Waals surface area contributed by atoms with Crippen LogP contribution in [-0.2, 0) is 11.2 Å². The van der Waals surface area contributed by atoms with E-state index in [9.17, 15) is 4.79 Å². The SMILES string of the molecule is O=C1C=CC(Cc2ccc(-c3ccccc3)cc2)=N1. The zero-order valence-corrected chi connectivity index (χ0v) is 10.4. The lowest BCUT2D eigenvalue weighted by molar-refractivity contribution is -0.113. The lowest BCUT2D eigenvalue weighted by Crippen LogP contribution is -1.97. The molecule has 0 atom stereocenters. The van der Waals surface area contributed by atoms with Gasteiger partial charge in [-0.05, 0) is 22.8 Å². The lowest BCUT2D eigenvalue weighted by Gasteiger charge is -2.04. The summed E-state index contributed by atoms with van der Waals surface area (Å²) in [6, 6.07) is 18.6. The minimum Gasteiger partial charge on any atom is -0.267 e. The van der Waals surface area contributed by atoms with Gasteiger partial charge in [-0.3, -0.25) is 4.79 Å². The topological polar surface area (TPSA) is 29.4 Å². The van der Waals surface area contributed by atoms with Crippen molar-refractivity contribution >= 4 is 11.6 Å². The number of hydrogen-bond donors (Lipinski definition) is 0. The zero-order chi connectivity index (χ0) is 13.1. The summed E-state index contributed by atoms with van der Waals surface area (Å²) in [6.45, 7) is 0. The van der Waals surface area contributed by atoms with Gasteiger partial charge in [0.15, 0.2) is 0 Å². The molecule has 0 spiro atoms. The van der Waals surface area contributed by atoms with Crippen LogP contribution in [0, 0.1) is 0 Å². The third-order valence-corrected chi connectivity index (χ3v) is 3.12. The number of carbonyl (C=O) groups is 1. The van der Waals surface area contributed by atoms with Gasteiger partial charge in [-0.25, -0.2) is 4.99 Å². The first-order chi connectivity index (χ1) is 9.31. The molecular weight excluding hydrogens is 234 g/mol. The second-order valence-electron chi connectivity index (χ2n) is 4.51. The van der Waals surface area contributed by atoms with Gasteiger partial charge in [-0.1, -0.05) is 54.6 Å². The molecule has 1 aliphatic heterocycles. The molecule has 2 aromatic rings. The summed E-state index contributed by atoms with van der Waals surface area (Å²) < 4.78 is 0. The lowest BCUT2D eigenvalue weighted by atomic mass is 10.0. The van der Waals surface area contributed by atoms with Crippen molar-refractivity contribution in [3.05, 3.63) is 72.3 Å². The first-order valence-electron chi connectivity index (χ1n) is 6.25. The minimum atomic E-state index is -0.157. The molecule has 1 heterocycles. The molecule has 0 saturated heterocycles. The second-order valence-corrected chi connectivity index (χ2v) is 4.51. The monoisotopic (exact) mass is 247 g/mol. The predicted molar refractivity (Wildman–Crippen MR) is 77.2 cm³/mol. The molecule has 2 heteroatoms. The summed E-state index contributed by atoms with van der Waals surface area (Å²) in [6.07, 6.45) is 4.00. The van der Waals surface area contributed by atoms with E-state index in [0.29, 0.717) is 6.42 Å². The van der Waals surface area contributed by atoms with Crippen molar-refractivity contribution in [3.8, 4) is 11.1 Å². The fraction of sp³-hybridized carbons (Fsp3) is 0.0588. The van der Waals surface area contributed by atoms with Crippen LogP contribution in [0.2, 0.25) is 0 Å². The molecular formula is C17H13NO. The fourth-order valence-electron chi connectivity index (χ4n) is 2.14. The first-order valence-corrected chi connectivity index (χ1v) is 6.25. The number of benzene rings is 2. The van der Waals surface area contributed by atoms with Gasteiger partial charge >= 0.3 is 0 Å². The van der Waals surface area contributed by atoms with Crippen LogP contribution in [0.1, 0.15) is 5.56 Å². The van der Waals surface area contributed by atoms with Crippen LogP contribution >= 0.6 is 0 Å². The minimum absolute atomic E-state index is 0.157. The summed E-state index contributed by atoms with van der Waals surface area (Å²) in [7, 11) is 0. The Morgan fingerprint density at radius 1 is 0.789 bits per heavy atom. The molecule has 0 bridgehead atoms. The van der Waals surface area contributed by atoms with Crippen LogP contribution in [0.4, 0.5) is 0 Å². The highest BCUT2D eigenvalue weighted by Crippen LogP contribution is 2.19. The van der Waals surface area contributed by atoms with Gasteiger partial charge in [-0.2, -0.15) is 0 Å². The summed E-state index contributed by atoms with van der Waals surface area (Å²) in [4.78, 5) is 14.9. The third kappa shape index (κ3) is 2.68. The van der Waals surface area contributed by atoms with Crippen LogP contribution in [0.3, 0.4) is 0 Å². The number of nitrogens with zero attached hydrogens (tertiary/aromatic N) is 1. The van der Waals surface area contributed by atoms with Gasteiger partial charge < -0.3 is 0 Å². The average Bonchev–Trinajstić information content (AvgIpc) is 2.86. The molecule has 2 aromatic carbocycles. The molecule has 0 radical (unpaired) electrons. The van der Waals surface area contributed by atoms with Gasteiger partial charge in [0.25, 0.3) is 5.91 Å². The molecule has 3 rings (SSSR count). The van der Waals surface area contributed by atoms with Gasteiger partial charge in [0, 0.05) is 18.2 Å². The van der Waals surface area contributed by atoms with Crippen LogP contribution in [0.25, 0.3) is 11.1 Å². The maximum atomic E-state index is 11.0. The molecule has 0 aromatic heterocycles. The van der Waals surface area contributed by atoms with E-state index in [1.165, 1.54) is 17.2 Å². The zero-order valence-electron chi connectivity index (χ0n) is 10.4. The van der Waals surface area contributed by atoms with E-state index in [1.807, 2.05) is 18.2 Å². The quantitative estimate of drug-likeness (QED) is 0.817. The van der Waals surface area contributed by atoms with Gasteiger partial charge in [-0.15, -0.1) is 0 Å². The Morgan fingerprint density at radius 2 is 1.47 bits per heavy atom. The maximum Gasteiger partial charge on any atom is 0.270 e. The number of allylic oxidation sites excluding steroid dienone is 1. The molecule has 0 unspecified atom stereocenters.